The van der Waals surface area contributed by atoms with Crippen LogP contribution in [0.1, 0.15) is 17.3 Å². The first-order valence-corrected chi connectivity index (χ1v) is 6.73. The number of H-pyrrole nitrogens is 1. The third-order valence-electron chi connectivity index (χ3n) is 3.41. The van der Waals surface area contributed by atoms with Gasteiger partial charge in [0.15, 0.2) is 0 Å². The lowest BCUT2D eigenvalue weighted by molar-refractivity contribution is 0.407. The van der Waals surface area contributed by atoms with Crippen LogP contribution >= 0.6 is 11.6 Å². The minimum Gasteiger partial charge on any atom is -0.496 e. The molecule has 20 heavy (non-hydrogen) atoms. The zero-order valence-electron chi connectivity index (χ0n) is 11.1. The number of ether oxygens (including phenoxy) is 1. The van der Waals surface area contributed by atoms with Crippen LogP contribution in [-0.2, 0) is 0 Å². The summed E-state index contributed by atoms with van der Waals surface area (Å²) in [7, 11) is 1.63. The molecular formula is C16H15ClN2O. The van der Waals surface area contributed by atoms with Gasteiger partial charge in [-0.2, -0.15) is 0 Å². The first-order valence-electron chi connectivity index (χ1n) is 6.35. The highest BCUT2D eigenvalue weighted by Crippen LogP contribution is 2.31. The van der Waals surface area contributed by atoms with Gasteiger partial charge in [-0.25, -0.2) is 0 Å². The van der Waals surface area contributed by atoms with E-state index in [1.165, 1.54) is 0 Å². The number of aromatic amines is 1. The number of hydrogen-bond acceptors (Lipinski definition) is 2. The quantitative estimate of drug-likeness (QED) is 0.768. The van der Waals surface area contributed by atoms with E-state index in [9.17, 15) is 0 Å². The molecule has 1 atom stereocenters. The van der Waals surface area contributed by atoms with E-state index in [1.54, 1.807) is 13.2 Å². The van der Waals surface area contributed by atoms with Gasteiger partial charge in [-0.1, -0.05) is 29.8 Å². The molecule has 0 bridgehead atoms. The second kappa shape index (κ2) is 5.19. The molecule has 0 aliphatic rings. The number of hydrogen-bond donors (Lipinski definition) is 2. The lowest BCUT2D eigenvalue weighted by Crippen LogP contribution is -2.13. The van der Waals surface area contributed by atoms with Crippen LogP contribution in [0.4, 0.5) is 0 Å². The molecule has 0 saturated carbocycles. The van der Waals surface area contributed by atoms with Gasteiger partial charge in [-0.05, 0) is 35.7 Å². The van der Waals surface area contributed by atoms with Crippen LogP contribution in [0.5, 0.6) is 5.75 Å². The highest BCUT2D eigenvalue weighted by Gasteiger charge is 2.16. The first kappa shape index (κ1) is 13.0. The second-order valence-electron chi connectivity index (χ2n) is 4.68. The maximum absolute atomic E-state index is 6.36. The van der Waals surface area contributed by atoms with Gasteiger partial charge < -0.3 is 15.5 Å². The smallest absolute Gasteiger partial charge is 0.124 e. The molecule has 102 valence electrons. The predicted octanol–water partition coefficient (Wildman–Crippen LogP) is 3.88. The van der Waals surface area contributed by atoms with Crippen molar-refractivity contribution in [2.45, 2.75) is 6.04 Å². The Labute approximate surface area is 122 Å². The predicted molar refractivity (Wildman–Crippen MR) is 82.3 cm³/mol. The van der Waals surface area contributed by atoms with Crippen molar-refractivity contribution in [1.82, 2.24) is 4.98 Å². The minimum atomic E-state index is -0.309. The molecule has 3 N–H and O–H groups in total. The Balaban J connectivity index is 2.07. The van der Waals surface area contributed by atoms with Crippen molar-refractivity contribution >= 4 is 22.5 Å². The topological polar surface area (TPSA) is 51.0 Å². The fraction of sp³-hybridized carbons (Fsp3) is 0.125. The number of nitrogens with one attached hydrogen (secondary N) is 1. The van der Waals surface area contributed by atoms with Gasteiger partial charge in [0.1, 0.15) is 5.75 Å². The number of benzene rings is 2. The molecule has 2 aromatic carbocycles. The number of methoxy groups -OCH3 is 1. The molecule has 4 heteroatoms. The molecule has 3 aromatic rings. The molecular weight excluding hydrogens is 272 g/mol. The van der Waals surface area contributed by atoms with Crippen LogP contribution in [0.2, 0.25) is 5.02 Å². The Kier molecular flexibility index (Phi) is 3.38. The van der Waals surface area contributed by atoms with Gasteiger partial charge in [0.2, 0.25) is 0 Å². The van der Waals surface area contributed by atoms with Crippen molar-refractivity contribution in [2.75, 3.05) is 7.11 Å². The zero-order chi connectivity index (χ0) is 14.1. The summed E-state index contributed by atoms with van der Waals surface area (Å²) in [5.74, 6) is 0.737. The van der Waals surface area contributed by atoms with Gasteiger partial charge in [-0.15, -0.1) is 0 Å². The van der Waals surface area contributed by atoms with Crippen LogP contribution in [0.3, 0.4) is 0 Å². The van der Waals surface area contributed by atoms with E-state index in [1.807, 2.05) is 30.3 Å². The molecule has 0 fully saturated rings. The molecule has 3 nitrogen and oxygen atoms in total. The van der Waals surface area contributed by atoms with E-state index in [4.69, 9.17) is 22.1 Å². The molecule has 1 heterocycles. The zero-order valence-corrected chi connectivity index (χ0v) is 11.8. The van der Waals surface area contributed by atoms with E-state index in [0.29, 0.717) is 5.02 Å². The van der Waals surface area contributed by atoms with Crippen molar-refractivity contribution in [2.24, 2.45) is 5.73 Å². The van der Waals surface area contributed by atoms with E-state index in [2.05, 4.69) is 17.1 Å². The summed E-state index contributed by atoms with van der Waals surface area (Å²) in [5, 5.41) is 1.78. The minimum absolute atomic E-state index is 0.309. The van der Waals surface area contributed by atoms with Gasteiger partial charge >= 0.3 is 0 Å². The summed E-state index contributed by atoms with van der Waals surface area (Å²) in [6, 6.07) is 15.3. The van der Waals surface area contributed by atoms with Crippen LogP contribution in [0.15, 0.2) is 48.5 Å². The Morgan fingerprint density at radius 3 is 2.70 bits per heavy atom. The molecule has 0 aliphatic heterocycles. The SMILES string of the molecule is COc1ccc(Cl)cc1C(N)c1cc2ccccc2[nH]1. The van der Waals surface area contributed by atoms with E-state index < -0.39 is 0 Å². The lowest BCUT2D eigenvalue weighted by Gasteiger charge is -2.15. The van der Waals surface area contributed by atoms with Gasteiger partial charge in [0.25, 0.3) is 0 Å². The van der Waals surface area contributed by atoms with Crippen LogP contribution in [-0.4, -0.2) is 12.1 Å². The highest BCUT2D eigenvalue weighted by atomic mass is 35.5. The molecule has 1 aromatic heterocycles. The summed E-state index contributed by atoms with van der Waals surface area (Å²) < 4.78 is 5.36. The maximum Gasteiger partial charge on any atom is 0.124 e. The Hall–Kier alpha value is -1.97. The highest BCUT2D eigenvalue weighted by molar-refractivity contribution is 6.30. The second-order valence-corrected chi connectivity index (χ2v) is 5.11. The number of para-hydroxylation sites is 1. The standard InChI is InChI=1S/C16H15ClN2O/c1-20-15-7-6-11(17)9-12(15)16(18)14-8-10-4-2-3-5-13(10)19-14/h2-9,16,19H,18H2,1H3. The summed E-state index contributed by atoms with van der Waals surface area (Å²) in [5.41, 5.74) is 9.23. The van der Waals surface area contributed by atoms with Crippen LogP contribution in [0, 0.1) is 0 Å². The normalized spacial score (nSPS) is 12.6. The fourth-order valence-corrected chi connectivity index (χ4v) is 2.56. The Bertz CT molecular complexity index is 718. The molecule has 0 aliphatic carbocycles. The van der Waals surface area contributed by atoms with Gasteiger partial charge in [0.05, 0.1) is 13.2 Å². The van der Waals surface area contributed by atoms with Crippen molar-refractivity contribution in [1.29, 1.82) is 0 Å². The lowest BCUT2D eigenvalue weighted by atomic mass is 10.0. The summed E-state index contributed by atoms with van der Waals surface area (Å²) in [6.45, 7) is 0. The Morgan fingerprint density at radius 1 is 1.15 bits per heavy atom. The number of fused-ring (bicyclic) bond motifs is 1. The van der Waals surface area contributed by atoms with E-state index >= 15 is 0 Å². The third-order valence-corrected chi connectivity index (χ3v) is 3.65. The number of nitrogens with two attached hydrogens (primary N) is 1. The van der Waals surface area contributed by atoms with Crippen LogP contribution in [0.25, 0.3) is 10.9 Å². The summed E-state index contributed by atoms with van der Waals surface area (Å²) >= 11 is 6.06. The average Bonchev–Trinajstić information content (AvgIpc) is 2.90. The van der Waals surface area contributed by atoms with E-state index in [0.717, 1.165) is 27.9 Å². The Morgan fingerprint density at radius 2 is 1.95 bits per heavy atom. The number of aromatic nitrogens is 1. The summed E-state index contributed by atoms with van der Waals surface area (Å²) in [4.78, 5) is 3.34. The maximum atomic E-state index is 6.36. The summed E-state index contributed by atoms with van der Waals surface area (Å²) in [6.07, 6.45) is 0. The van der Waals surface area contributed by atoms with Crippen molar-refractivity contribution < 1.29 is 4.74 Å². The monoisotopic (exact) mass is 286 g/mol. The number of rotatable bonds is 3. The largest absolute Gasteiger partial charge is 0.496 e. The molecule has 0 radical (unpaired) electrons. The number of halogens is 1. The molecule has 1 unspecified atom stereocenters. The van der Waals surface area contributed by atoms with Crippen molar-refractivity contribution in [3.8, 4) is 5.75 Å². The average molecular weight is 287 g/mol. The molecule has 0 amide bonds. The van der Waals surface area contributed by atoms with Crippen LogP contribution < -0.4 is 10.5 Å². The van der Waals surface area contributed by atoms with E-state index in [-0.39, 0.29) is 6.04 Å². The molecule has 3 rings (SSSR count). The first-order chi connectivity index (χ1) is 9.69. The van der Waals surface area contributed by atoms with Crippen molar-refractivity contribution in [3.63, 3.8) is 0 Å². The van der Waals surface area contributed by atoms with Gasteiger partial charge in [0, 0.05) is 21.8 Å². The molecule has 0 spiro atoms. The third kappa shape index (κ3) is 2.26. The van der Waals surface area contributed by atoms with Crippen molar-refractivity contribution in [3.05, 3.63) is 64.8 Å². The van der Waals surface area contributed by atoms with Gasteiger partial charge in [-0.3, -0.25) is 0 Å². The fourth-order valence-electron chi connectivity index (χ4n) is 2.38. The molecule has 0 saturated heterocycles.